The molecule has 1 aliphatic heterocycles. The molecule has 0 saturated heterocycles. The van der Waals surface area contributed by atoms with E-state index in [1.54, 1.807) is 11.3 Å². The summed E-state index contributed by atoms with van der Waals surface area (Å²) < 4.78 is 5.96. The van der Waals surface area contributed by atoms with E-state index in [2.05, 4.69) is 16.8 Å². The Balaban J connectivity index is 1.57. The van der Waals surface area contributed by atoms with Gasteiger partial charge in [0.15, 0.2) is 0 Å². The lowest BCUT2D eigenvalue weighted by atomic mass is 9.94. The third kappa shape index (κ3) is 2.93. The van der Waals surface area contributed by atoms with Crippen LogP contribution in [0.5, 0.6) is 11.5 Å². The van der Waals surface area contributed by atoms with Crippen LogP contribution in [0.1, 0.15) is 29.2 Å². The van der Waals surface area contributed by atoms with Gasteiger partial charge in [0.25, 0.3) is 0 Å². The molecular weight excluding hydrogens is 318 g/mol. The van der Waals surface area contributed by atoms with Crippen LogP contribution in [-0.4, -0.2) is 5.91 Å². The number of carbonyl (C=O) groups excluding carboxylic acids is 1. The summed E-state index contributed by atoms with van der Waals surface area (Å²) in [6.45, 7) is 0. The third-order valence-electron chi connectivity index (χ3n) is 4.21. The van der Waals surface area contributed by atoms with E-state index >= 15 is 0 Å². The smallest absolute Gasteiger partial charge is 0.221 e. The van der Waals surface area contributed by atoms with Crippen LogP contribution in [0.25, 0.3) is 0 Å². The highest BCUT2D eigenvalue weighted by atomic mass is 32.1. The minimum Gasteiger partial charge on any atom is -0.457 e. The monoisotopic (exact) mass is 335 g/mol. The molecule has 4 heteroatoms. The Labute approximate surface area is 144 Å². The minimum absolute atomic E-state index is 0.0534. The first-order chi connectivity index (χ1) is 11.8. The normalized spacial score (nSPS) is 12.8. The van der Waals surface area contributed by atoms with E-state index in [4.69, 9.17) is 4.74 Å². The molecule has 0 fully saturated rings. The number of para-hydroxylation sites is 2. The van der Waals surface area contributed by atoms with Gasteiger partial charge in [0.05, 0.1) is 6.04 Å². The number of fused-ring (bicyclic) bond motifs is 2. The zero-order chi connectivity index (χ0) is 16.4. The molecule has 2 aromatic carbocycles. The zero-order valence-electron chi connectivity index (χ0n) is 13.1. The molecule has 0 radical (unpaired) electrons. The van der Waals surface area contributed by atoms with Crippen molar-refractivity contribution in [3.8, 4) is 11.5 Å². The van der Waals surface area contributed by atoms with Gasteiger partial charge in [0, 0.05) is 17.5 Å². The summed E-state index contributed by atoms with van der Waals surface area (Å²) in [5.41, 5.74) is 3.21. The Bertz CT molecular complexity index is 812. The number of ether oxygens (including phenoxy) is 1. The fourth-order valence-corrected chi connectivity index (χ4v) is 3.69. The highest BCUT2D eigenvalue weighted by molar-refractivity contribution is 7.07. The number of amides is 1. The van der Waals surface area contributed by atoms with Crippen molar-refractivity contribution >= 4 is 17.2 Å². The van der Waals surface area contributed by atoms with Crippen LogP contribution in [0.2, 0.25) is 0 Å². The number of aryl methyl sites for hydroxylation is 1. The Hall–Kier alpha value is -2.59. The zero-order valence-corrected chi connectivity index (χ0v) is 13.9. The van der Waals surface area contributed by atoms with Crippen molar-refractivity contribution < 1.29 is 9.53 Å². The second-order valence-electron chi connectivity index (χ2n) is 5.81. The van der Waals surface area contributed by atoms with Gasteiger partial charge in [-0.05, 0) is 40.9 Å². The first-order valence-electron chi connectivity index (χ1n) is 7.97. The molecule has 1 aromatic heterocycles. The summed E-state index contributed by atoms with van der Waals surface area (Å²) in [7, 11) is 0. The van der Waals surface area contributed by atoms with Crippen LogP contribution in [0, 0.1) is 0 Å². The number of rotatable bonds is 4. The molecule has 1 aliphatic rings. The van der Waals surface area contributed by atoms with Crippen molar-refractivity contribution in [3.05, 3.63) is 82.0 Å². The van der Waals surface area contributed by atoms with Crippen LogP contribution in [0.3, 0.4) is 0 Å². The fraction of sp³-hybridized carbons (Fsp3) is 0.150. The summed E-state index contributed by atoms with van der Waals surface area (Å²) in [5.74, 6) is 1.66. The molecule has 0 spiro atoms. The van der Waals surface area contributed by atoms with Gasteiger partial charge < -0.3 is 10.1 Å². The number of nitrogens with one attached hydrogen (secondary N) is 1. The Kier molecular flexibility index (Phi) is 4.05. The van der Waals surface area contributed by atoms with E-state index in [1.165, 1.54) is 5.56 Å². The largest absolute Gasteiger partial charge is 0.457 e. The van der Waals surface area contributed by atoms with Crippen molar-refractivity contribution in [1.29, 1.82) is 0 Å². The maximum absolute atomic E-state index is 12.5. The molecule has 3 nitrogen and oxygen atoms in total. The van der Waals surface area contributed by atoms with Crippen molar-refractivity contribution in [1.82, 2.24) is 5.32 Å². The Morgan fingerprint density at radius 2 is 1.67 bits per heavy atom. The predicted molar refractivity (Wildman–Crippen MR) is 95.6 cm³/mol. The summed E-state index contributed by atoms with van der Waals surface area (Å²) in [6, 6.07) is 17.6. The predicted octanol–water partition coefficient (Wildman–Crippen LogP) is 4.69. The molecule has 2 heterocycles. The van der Waals surface area contributed by atoms with Crippen molar-refractivity contribution in [2.75, 3.05) is 0 Å². The molecule has 1 N–H and O–H groups in total. The highest BCUT2D eigenvalue weighted by Gasteiger charge is 2.27. The minimum atomic E-state index is -0.166. The molecule has 120 valence electrons. The summed E-state index contributed by atoms with van der Waals surface area (Å²) in [5, 5.41) is 7.31. The number of carbonyl (C=O) groups is 1. The lowest BCUT2D eigenvalue weighted by Crippen LogP contribution is -2.31. The van der Waals surface area contributed by atoms with E-state index in [9.17, 15) is 4.79 Å². The van der Waals surface area contributed by atoms with Crippen LogP contribution >= 0.6 is 11.3 Å². The molecule has 0 bridgehead atoms. The Morgan fingerprint density at radius 3 is 2.29 bits per heavy atom. The van der Waals surface area contributed by atoms with E-state index in [0.717, 1.165) is 29.0 Å². The maximum Gasteiger partial charge on any atom is 0.221 e. The van der Waals surface area contributed by atoms with Crippen LogP contribution < -0.4 is 10.1 Å². The lowest BCUT2D eigenvalue weighted by Gasteiger charge is -2.28. The van der Waals surface area contributed by atoms with Gasteiger partial charge in [0.2, 0.25) is 5.91 Å². The first-order valence-corrected chi connectivity index (χ1v) is 8.92. The van der Waals surface area contributed by atoms with Crippen molar-refractivity contribution in [3.63, 3.8) is 0 Å². The molecule has 4 rings (SSSR count). The summed E-state index contributed by atoms with van der Waals surface area (Å²) in [6.07, 6.45) is 1.25. The first kappa shape index (κ1) is 15.0. The SMILES string of the molecule is O=C(CCc1ccsc1)NC1c2ccccc2Oc2ccccc21. The second kappa shape index (κ2) is 6.49. The lowest BCUT2D eigenvalue weighted by molar-refractivity contribution is -0.121. The van der Waals surface area contributed by atoms with E-state index in [0.29, 0.717) is 6.42 Å². The third-order valence-corrected chi connectivity index (χ3v) is 4.94. The van der Waals surface area contributed by atoms with E-state index < -0.39 is 0 Å². The fourth-order valence-electron chi connectivity index (χ4n) is 2.99. The van der Waals surface area contributed by atoms with Gasteiger partial charge in [-0.3, -0.25) is 4.79 Å². The Morgan fingerprint density at radius 1 is 1.00 bits per heavy atom. The molecular formula is C20H17NO2S. The van der Waals surface area contributed by atoms with Crippen molar-refractivity contribution in [2.24, 2.45) is 0 Å². The van der Waals surface area contributed by atoms with Gasteiger partial charge >= 0.3 is 0 Å². The molecule has 3 aromatic rings. The van der Waals surface area contributed by atoms with Gasteiger partial charge in [-0.1, -0.05) is 36.4 Å². The highest BCUT2D eigenvalue weighted by Crippen LogP contribution is 2.42. The van der Waals surface area contributed by atoms with Crippen molar-refractivity contribution in [2.45, 2.75) is 18.9 Å². The second-order valence-corrected chi connectivity index (χ2v) is 6.59. The number of thiophene rings is 1. The van der Waals surface area contributed by atoms with Gasteiger partial charge in [-0.2, -0.15) is 11.3 Å². The average Bonchev–Trinajstić information content (AvgIpc) is 3.13. The average molecular weight is 335 g/mol. The van der Waals surface area contributed by atoms with Gasteiger partial charge in [-0.25, -0.2) is 0 Å². The molecule has 0 unspecified atom stereocenters. The molecule has 0 saturated carbocycles. The topological polar surface area (TPSA) is 38.3 Å². The number of hydrogen-bond acceptors (Lipinski definition) is 3. The van der Waals surface area contributed by atoms with Gasteiger partial charge in [-0.15, -0.1) is 0 Å². The van der Waals surface area contributed by atoms with E-state index in [-0.39, 0.29) is 11.9 Å². The van der Waals surface area contributed by atoms with Crippen LogP contribution in [0.15, 0.2) is 65.4 Å². The van der Waals surface area contributed by atoms with Gasteiger partial charge in [0.1, 0.15) is 11.5 Å². The number of benzene rings is 2. The number of hydrogen-bond donors (Lipinski definition) is 1. The summed E-state index contributed by atoms with van der Waals surface area (Å²) >= 11 is 1.66. The molecule has 1 amide bonds. The maximum atomic E-state index is 12.5. The molecule has 24 heavy (non-hydrogen) atoms. The van der Waals surface area contributed by atoms with Crippen LogP contribution in [0.4, 0.5) is 0 Å². The molecule has 0 aliphatic carbocycles. The van der Waals surface area contributed by atoms with Crippen LogP contribution in [-0.2, 0) is 11.2 Å². The van der Waals surface area contributed by atoms with E-state index in [1.807, 2.05) is 53.9 Å². The quantitative estimate of drug-likeness (QED) is 0.751. The molecule has 0 atom stereocenters. The standard InChI is InChI=1S/C20H17NO2S/c22-19(10-9-14-11-12-24-13-14)21-20-15-5-1-3-7-17(15)23-18-8-4-2-6-16(18)20/h1-8,11-13,20H,9-10H2,(H,21,22). The summed E-state index contributed by atoms with van der Waals surface area (Å²) in [4.78, 5) is 12.5.